The van der Waals surface area contributed by atoms with Gasteiger partial charge in [-0.1, -0.05) is 33.1 Å². The second-order valence-electron chi connectivity index (χ2n) is 5.98. The van der Waals surface area contributed by atoms with E-state index in [9.17, 15) is 0 Å². The maximum Gasteiger partial charge on any atom is 0.135 e. The number of nitrogens with one attached hydrogen (secondary N) is 1. The Morgan fingerprint density at radius 3 is 2.60 bits per heavy atom. The highest BCUT2D eigenvalue weighted by Crippen LogP contribution is 2.39. The van der Waals surface area contributed by atoms with Gasteiger partial charge in [-0.15, -0.1) is 0 Å². The fourth-order valence-corrected chi connectivity index (χ4v) is 3.93. The van der Waals surface area contributed by atoms with Crippen molar-refractivity contribution in [2.45, 2.75) is 56.6 Å². The van der Waals surface area contributed by atoms with Crippen LogP contribution >= 0.6 is 11.8 Å². The van der Waals surface area contributed by atoms with Crippen LogP contribution in [0.15, 0.2) is 6.33 Å². The molecule has 0 saturated heterocycles. The third-order valence-corrected chi connectivity index (χ3v) is 5.69. The first-order valence-corrected chi connectivity index (χ1v) is 8.70. The fraction of sp³-hybridized carbons (Fsp3) is 0.733. The normalized spacial score (nSPS) is 18.2. The van der Waals surface area contributed by atoms with E-state index < -0.39 is 0 Å². The van der Waals surface area contributed by atoms with Crippen LogP contribution in [-0.4, -0.2) is 27.5 Å². The lowest BCUT2D eigenvalue weighted by molar-refractivity contribution is 0.411. The Labute approximate surface area is 126 Å². The molecular formula is C15H26N4S. The lowest BCUT2D eigenvalue weighted by Crippen LogP contribution is -2.36. The molecule has 3 N–H and O–H groups in total. The van der Waals surface area contributed by atoms with Crippen LogP contribution in [0.4, 0.5) is 11.6 Å². The summed E-state index contributed by atoms with van der Waals surface area (Å²) in [5, 5.41) is 3.54. The highest BCUT2D eigenvalue weighted by molar-refractivity contribution is 8.00. The number of anilines is 2. The number of hydrogen-bond acceptors (Lipinski definition) is 5. The largest absolute Gasteiger partial charge is 0.383 e. The average molecular weight is 294 g/mol. The standard InChI is InChI=1S/C15H26N4S/c1-11(2)12-13(16)18-10-19-14(12)17-9-15(20-3)7-5-4-6-8-15/h10-11H,4-9H2,1-3H3,(H3,16,17,18,19). The van der Waals surface area contributed by atoms with E-state index in [1.165, 1.54) is 32.1 Å². The number of nitrogen functional groups attached to an aromatic ring is 1. The maximum atomic E-state index is 6.00. The van der Waals surface area contributed by atoms with Crippen LogP contribution < -0.4 is 11.1 Å². The Morgan fingerprint density at radius 2 is 2.00 bits per heavy atom. The highest BCUT2D eigenvalue weighted by Gasteiger charge is 2.31. The number of nitrogens with zero attached hydrogens (tertiary/aromatic N) is 2. The molecule has 0 spiro atoms. The van der Waals surface area contributed by atoms with Gasteiger partial charge < -0.3 is 11.1 Å². The zero-order valence-electron chi connectivity index (χ0n) is 12.8. The zero-order chi connectivity index (χ0) is 14.6. The molecular weight excluding hydrogens is 268 g/mol. The Hall–Kier alpha value is -0.970. The molecule has 5 heteroatoms. The fourth-order valence-electron chi connectivity index (χ4n) is 3.01. The van der Waals surface area contributed by atoms with Crippen molar-refractivity contribution >= 4 is 23.4 Å². The first-order valence-electron chi connectivity index (χ1n) is 7.47. The summed E-state index contributed by atoms with van der Waals surface area (Å²) in [6, 6.07) is 0. The molecule has 0 aromatic carbocycles. The molecule has 0 aliphatic heterocycles. The van der Waals surface area contributed by atoms with Gasteiger partial charge in [0.05, 0.1) is 0 Å². The summed E-state index contributed by atoms with van der Waals surface area (Å²) in [5.74, 6) is 1.83. The predicted molar refractivity (Wildman–Crippen MR) is 88.4 cm³/mol. The Kier molecular flexibility index (Phi) is 5.13. The molecule has 1 saturated carbocycles. The molecule has 0 bridgehead atoms. The SMILES string of the molecule is CSC1(CNc2ncnc(N)c2C(C)C)CCCCC1. The maximum absolute atomic E-state index is 6.00. The van der Waals surface area contributed by atoms with Crippen LogP contribution in [0.5, 0.6) is 0 Å². The molecule has 1 aliphatic carbocycles. The summed E-state index contributed by atoms with van der Waals surface area (Å²) in [6.45, 7) is 5.22. The smallest absolute Gasteiger partial charge is 0.135 e. The monoisotopic (exact) mass is 294 g/mol. The van der Waals surface area contributed by atoms with Gasteiger partial charge in [-0.2, -0.15) is 11.8 Å². The van der Waals surface area contributed by atoms with Crippen LogP contribution in [0.1, 0.15) is 57.4 Å². The van der Waals surface area contributed by atoms with E-state index in [-0.39, 0.29) is 0 Å². The van der Waals surface area contributed by atoms with Gasteiger partial charge in [0.1, 0.15) is 18.0 Å². The van der Waals surface area contributed by atoms with Crippen LogP contribution in [0.2, 0.25) is 0 Å². The highest BCUT2D eigenvalue weighted by atomic mass is 32.2. The minimum absolute atomic E-state index is 0.329. The van der Waals surface area contributed by atoms with E-state index in [0.29, 0.717) is 16.5 Å². The Balaban J connectivity index is 2.12. The van der Waals surface area contributed by atoms with Crippen LogP contribution in [0.25, 0.3) is 0 Å². The van der Waals surface area contributed by atoms with E-state index in [1.807, 2.05) is 11.8 Å². The van der Waals surface area contributed by atoms with Gasteiger partial charge in [0.2, 0.25) is 0 Å². The van der Waals surface area contributed by atoms with Crippen molar-refractivity contribution < 1.29 is 0 Å². The van der Waals surface area contributed by atoms with Gasteiger partial charge in [0.15, 0.2) is 0 Å². The molecule has 1 aliphatic rings. The molecule has 1 fully saturated rings. The summed E-state index contributed by atoms with van der Waals surface area (Å²) in [6.07, 6.45) is 10.4. The first kappa shape index (κ1) is 15.4. The van der Waals surface area contributed by atoms with Crippen LogP contribution in [-0.2, 0) is 0 Å². The van der Waals surface area contributed by atoms with E-state index in [0.717, 1.165) is 17.9 Å². The predicted octanol–water partition coefficient (Wildman–Crippen LogP) is 3.66. The molecule has 20 heavy (non-hydrogen) atoms. The molecule has 0 radical (unpaired) electrons. The number of aromatic nitrogens is 2. The molecule has 0 amide bonds. The number of rotatable bonds is 5. The van der Waals surface area contributed by atoms with Crippen molar-refractivity contribution in [3.63, 3.8) is 0 Å². The van der Waals surface area contributed by atoms with Crippen molar-refractivity contribution in [1.82, 2.24) is 9.97 Å². The number of hydrogen-bond donors (Lipinski definition) is 2. The summed E-state index contributed by atoms with van der Waals surface area (Å²) in [5.41, 5.74) is 7.04. The van der Waals surface area contributed by atoms with Crippen molar-refractivity contribution in [3.8, 4) is 0 Å². The second-order valence-corrected chi connectivity index (χ2v) is 7.25. The molecule has 4 nitrogen and oxygen atoms in total. The van der Waals surface area contributed by atoms with Gasteiger partial charge in [-0.05, 0) is 25.0 Å². The van der Waals surface area contributed by atoms with E-state index in [4.69, 9.17) is 5.73 Å². The molecule has 0 unspecified atom stereocenters. The number of thioether (sulfide) groups is 1. The topological polar surface area (TPSA) is 63.8 Å². The summed E-state index contributed by atoms with van der Waals surface area (Å²) < 4.78 is 0.353. The first-order chi connectivity index (χ1) is 9.58. The average Bonchev–Trinajstić information content (AvgIpc) is 2.45. The quantitative estimate of drug-likeness (QED) is 0.867. The summed E-state index contributed by atoms with van der Waals surface area (Å²) in [7, 11) is 0. The molecule has 1 aromatic heterocycles. The molecule has 112 valence electrons. The van der Waals surface area contributed by atoms with E-state index in [2.05, 4.69) is 35.4 Å². The molecule has 1 heterocycles. The van der Waals surface area contributed by atoms with E-state index in [1.54, 1.807) is 6.33 Å². The lowest BCUT2D eigenvalue weighted by atomic mass is 9.88. The minimum Gasteiger partial charge on any atom is -0.383 e. The molecule has 1 aromatic rings. The van der Waals surface area contributed by atoms with Crippen molar-refractivity contribution in [3.05, 3.63) is 11.9 Å². The van der Waals surface area contributed by atoms with Gasteiger partial charge in [0.25, 0.3) is 0 Å². The second kappa shape index (κ2) is 6.66. The molecule has 2 rings (SSSR count). The van der Waals surface area contributed by atoms with E-state index >= 15 is 0 Å². The van der Waals surface area contributed by atoms with Crippen LogP contribution in [0, 0.1) is 0 Å². The van der Waals surface area contributed by atoms with Gasteiger partial charge in [-0.25, -0.2) is 9.97 Å². The van der Waals surface area contributed by atoms with Crippen molar-refractivity contribution in [2.75, 3.05) is 23.9 Å². The molecule has 0 atom stereocenters. The minimum atomic E-state index is 0.329. The van der Waals surface area contributed by atoms with Crippen LogP contribution in [0.3, 0.4) is 0 Å². The van der Waals surface area contributed by atoms with Gasteiger partial charge in [-0.3, -0.25) is 0 Å². The number of nitrogens with two attached hydrogens (primary N) is 1. The zero-order valence-corrected chi connectivity index (χ0v) is 13.6. The van der Waals surface area contributed by atoms with Gasteiger partial charge >= 0.3 is 0 Å². The Bertz CT molecular complexity index is 441. The van der Waals surface area contributed by atoms with Crippen molar-refractivity contribution in [2.24, 2.45) is 0 Å². The lowest BCUT2D eigenvalue weighted by Gasteiger charge is -2.36. The Morgan fingerprint density at radius 1 is 1.30 bits per heavy atom. The third kappa shape index (κ3) is 3.37. The van der Waals surface area contributed by atoms with Crippen molar-refractivity contribution in [1.29, 1.82) is 0 Å². The summed E-state index contributed by atoms with van der Waals surface area (Å²) in [4.78, 5) is 8.51. The summed E-state index contributed by atoms with van der Waals surface area (Å²) >= 11 is 1.99. The third-order valence-electron chi connectivity index (χ3n) is 4.27. The van der Waals surface area contributed by atoms with Gasteiger partial charge in [0, 0.05) is 16.9 Å².